The zero-order chi connectivity index (χ0) is 12.4. The summed E-state index contributed by atoms with van der Waals surface area (Å²) in [5, 5.41) is 3.63. The summed E-state index contributed by atoms with van der Waals surface area (Å²) in [6, 6.07) is 6.69. The van der Waals surface area contributed by atoms with Crippen LogP contribution in [0.5, 0.6) is 5.88 Å². The summed E-state index contributed by atoms with van der Waals surface area (Å²) in [5.41, 5.74) is 1.10. The molecule has 0 saturated carbocycles. The van der Waals surface area contributed by atoms with E-state index in [9.17, 15) is 0 Å². The van der Waals surface area contributed by atoms with Gasteiger partial charge in [0.2, 0.25) is 5.88 Å². The van der Waals surface area contributed by atoms with Crippen molar-refractivity contribution in [3.05, 3.63) is 23.9 Å². The Hall–Kier alpha value is -1.13. The van der Waals surface area contributed by atoms with E-state index in [-0.39, 0.29) is 0 Å². The summed E-state index contributed by atoms with van der Waals surface area (Å²) in [6.45, 7) is 4.48. The first-order valence-electron chi connectivity index (χ1n) is 6.81. The molecule has 0 aliphatic carbocycles. The number of aromatic nitrogens is 1. The number of hydrogen-bond acceptors (Lipinski definition) is 4. The average molecular weight is 247 g/mol. The Balaban J connectivity index is 1.63. The molecule has 2 unspecified atom stereocenters. The third-order valence-electron chi connectivity index (χ3n) is 4.05. The van der Waals surface area contributed by atoms with E-state index in [4.69, 9.17) is 4.74 Å². The number of methoxy groups -OCH3 is 1. The van der Waals surface area contributed by atoms with Crippen LogP contribution in [0.2, 0.25) is 0 Å². The molecule has 3 heterocycles. The molecule has 0 aromatic carbocycles. The van der Waals surface area contributed by atoms with E-state index in [2.05, 4.69) is 21.3 Å². The third-order valence-corrected chi connectivity index (χ3v) is 4.05. The molecule has 2 aliphatic heterocycles. The van der Waals surface area contributed by atoms with Crippen molar-refractivity contribution in [2.45, 2.75) is 25.4 Å². The summed E-state index contributed by atoms with van der Waals surface area (Å²) in [7, 11) is 1.67. The minimum Gasteiger partial charge on any atom is -0.481 e. The van der Waals surface area contributed by atoms with Gasteiger partial charge in [-0.25, -0.2) is 4.98 Å². The summed E-state index contributed by atoms with van der Waals surface area (Å²) >= 11 is 0. The molecule has 3 rings (SSSR count). The lowest BCUT2D eigenvalue weighted by Crippen LogP contribution is -2.40. The SMILES string of the molecule is COc1cccc(CN2CC3CCCNC3C2)n1. The summed E-state index contributed by atoms with van der Waals surface area (Å²) < 4.78 is 5.17. The van der Waals surface area contributed by atoms with E-state index >= 15 is 0 Å². The number of nitrogens with one attached hydrogen (secondary N) is 1. The van der Waals surface area contributed by atoms with Crippen molar-refractivity contribution in [1.82, 2.24) is 15.2 Å². The molecule has 1 N–H and O–H groups in total. The Morgan fingerprint density at radius 1 is 1.44 bits per heavy atom. The highest BCUT2D eigenvalue weighted by Crippen LogP contribution is 2.25. The minimum atomic E-state index is 0.698. The van der Waals surface area contributed by atoms with Gasteiger partial charge in [0.05, 0.1) is 12.8 Å². The second-order valence-electron chi connectivity index (χ2n) is 5.33. The van der Waals surface area contributed by atoms with Crippen LogP contribution < -0.4 is 10.1 Å². The van der Waals surface area contributed by atoms with Crippen LogP contribution in [-0.2, 0) is 6.54 Å². The predicted molar refractivity (Wildman–Crippen MR) is 70.6 cm³/mol. The lowest BCUT2D eigenvalue weighted by Gasteiger charge is -2.24. The van der Waals surface area contributed by atoms with Gasteiger partial charge in [-0.05, 0) is 31.4 Å². The van der Waals surface area contributed by atoms with Crippen LogP contribution in [-0.4, -0.2) is 42.7 Å². The molecule has 4 nitrogen and oxygen atoms in total. The fourth-order valence-corrected chi connectivity index (χ4v) is 3.15. The number of nitrogens with zero attached hydrogens (tertiary/aromatic N) is 2. The molecule has 2 fully saturated rings. The van der Waals surface area contributed by atoms with Gasteiger partial charge in [0, 0.05) is 31.7 Å². The fourth-order valence-electron chi connectivity index (χ4n) is 3.15. The van der Waals surface area contributed by atoms with Gasteiger partial charge in [-0.3, -0.25) is 4.90 Å². The number of hydrogen-bond donors (Lipinski definition) is 1. The number of likely N-dealkylation sites (tertiary alicyclic amines) is 1. The van der Waals surface area contributed by atoms with Gasteiger partial charge < -0.3 is 10.1 Å². The molecular weight excluding hydrogens is 226 g/mol. The van der Waals surface area contributed by atoms with Crippen LogP contribution >= 0.6 is 0 Å². The van der Waals surface area contributed by atoms with Gasteiger partial charge in [0.1, 0.15) is 0 Å². The highest BCUT2D eigenvalue weighted by atomic mass is 16.5. The number of rotatable bonds is 3. The first-order valence-corrected chi connectivity index (χ1v) is 6.81. The van der Waals surface area contributed by atoms with Crippen LogP contribution in [0.15, 0.2) is 18.2 Å². The molecule has 2 aliphatic rings. The summed E-state index contributed by atoms with van der Waals surface area (Å²) in [6.07, 6.45) is 2.70. The smallest absolute Gasteiger partial charge is 0.213 e. The molecule has 98 valence electrons. The van der Waals surface area contributed by atoms with E-state index in [1.54, 1.807) is 7.11 Å². The predicted octanol–water partition coefficient (Wildman–Crippen LogP) is 1.27. The highest BCUT2D eigenvalue weighted by molar-refractivity contribution is 5.15. The Labute approximate surface area is 108 Å². The van der Waals surface area contributed by atoms with Gasteiger partial charge in [-0.2, -0.15) is 0 Å². The molecule has 2 saturated heterocycles. The number of pyridine rings is 1. The molecule has 0 radical (unpaired) electrons. The molecular formula is C14H21N3O. The fraction of sp³-hybridized carbons (Fsp3) is 0.643. The molecule has 1 aromatic heterocycles. The number of piperidine rings is 1. The van der Waals surface area contributed by atoms with Crippen molar-refractivity contribution < 1.29 is 4.74 Å². The maximum absolute atomic E-state index is 5.17. The molecule has 0 bridgehead atoms. The van der Waals surface area contributed by atoms with Crippen molar-refractivity contribution in [3.8, 4) is 5.88 Å². The average Bonchev–Trinajstić information content (AvgIpc) is 2.81. The Bertz CT molecular complexity index is 396. The van der Waals surface area contributed by atoms with Gasteiger partial charge in [-0.1, -0.05) is 6.07 Å². The molecule has 4 heteroatoms. The van der Waals surface area contributed by atoms with Crippen molar-refractivity contribution >= 4 is 0 Å². The van der Waals surface area contributed by atoms with Gasteiger partial charge in [0.25, 0.3) is 0 Å². The standard InChI is InChI=1S/C14H21N3O/c1-18-14-6-2-5-12(16-14)9-17-8-11-4-3-7-15-13(11)10-17/h2,5-6,11,13,15H,3-4,7-10H2,1H3. The van der Waals surface area contributed by atoms with Gasteiger partial charge in [0.15, 0.2) is 0 Å². The third kappa shape index (κ3) is 2.49. The Morgan fingerprint density at radius 2 is 2.39 bits per heavy atom. The molecule has 0 spiro atoms. The summed E-state index contributed by atoms with van der Waals surface area (Å²) in [4.78, 5) is 7.00. The van der Waals surface area contributed by atoms with Crippen molar-refractivity contribution in [2.24, 2.45) is 5.92 Å². The van der Waals surface area contributed by atoms with Crippen LogP contribution in [0.25, 0.3) is 0 Å². The quantitative estimate of drug-likeness (QED) is 0.873. The second kappa shape index (κ2) is 5.24. The van der Waals surface area contributed by atoms with E-state index < -0.39 is 0 Å². The van der Waals surface area contributed by atoms with E-state index in [0.717, 1.165) is 24.7 Å². The first kappa shape index (κ1) is 11.9. The minimum absolute atomic E-state index is 0.698. The summed E-state index contributed by atoms with van der Waals surface area (Å²) in [5.74, 6) is 1.55. The van der Waals surface area contributed by atoms with Crippen molar-refractivity contribution in [2.75, 3.05) is 26.7 Å². The molecule has 2 atom stereocenters. The van der Waals surface area contributed by atoms with Gasteiger partial charge in [-0.15, -0.1) is 0 Å². The zero-order valence-corrected chi connectivity index (χ0v) is 10.9. The van der Waals surface area contributed by atoms with Crippen LogP contribution in [0.3, 0.4) is 0 Å². The second-order valence-corrected chi connectivity index (χ2v) is 5.33. The zero-order valence-electron chi connectivity index (χ0n) is 10.9. The van der Waals surface area contributed by atoms with Crippen LogP contribution in [0.4, 0.5) is 0 Å². The van der Waals surface area contributed by atoms with Crippen LogP contribution in [0, 0.1) is 5.92 Å². The maximum atomic E-state index is 5.17. The monoisotopic (exact) mass is 247 g/mol. The number of fused-ring (bicyclic) bond motifs is 1. The highest BCUT2D eigenvalue weighted by Gasteiger charge is 2.34. The lowest BCUT2D eigenvalue weighted by molar-refractivity contribution is 0.306. The first-order chi connectivity index (χ1) is 8.85. The van der Waals surface area contributed by atoms with E-state index in [1.807, 2.05) is 12.1 Å². The van der Waals surface area contributed by atoms with Crippen LogP contribution in [0.1, 0.15) is 18.5 Å². The number of ether oxygens (including phenoxy) is 1. The molecule has 1 aromatic rings. The normalized spacial score (nSPS) is 28.1. The maximum Gasteiger partial charge on any atom is 0.213 e. The molecule has 18 heavy (non-hydrogen) atoms. The Kier molecular flexibility index (Phi) is 3.48. The Morgan fingerprint density at radius 3 is 3.22 bits per heavy atom. The lowest BCUT2D eigenvalue weighted by atomic mass is 9.94. The van der Waals surface area contributed by atoms with Crippen molar-refractivity contribution in [3.63, 3.8) is 0 Å². The van der Waals surface area contributed by atoms with Gasteiger partial charge >= 0.3 is 0 Å². The van der Waals surface area contributed by atoms with E-state index in [1.165, 1.54) is 25.9 Å². The topological polar surface area (TPSA) is 37.4 Å². The van der Waals surface area contributed by atoms with E-state index in [0.29, 0.717) is 11.9 Å². The molecule has 0 amide bonds. The largest absolute Gasteiger partial charge is 0.481 e. The van der Waals surface area contributed by atoms with Crippen molar-refractivity contribution in [1.29, 1.82) is 0 Å².